The van der Waals surface area contributed by atoms with Crippen LogP contribution in [0.2, 0.25) is 0 Å². The first-order valence-corrected chi connectivity index (χ1v) is 8.69. The highest BCUT2D eigenvalue weighted by Gasteiger charge is 2.18. The van der Waals surface area contributed by atoms with Crippen molar-refractivity contribution in [1.29, 1.82) is 0 Å². The minimum Gasteiger partial charge on any atom is -0.497 e. The molecule has 144 valence electrons. The first-order valence-electron chi connectivity index (χ1n) is 8.69. The number of aromatic amines is 1. The first-order chi connectivity index (χ1) is 13.3. The molecule has 0 radical (unpaired) electrons. The molecule has 0 unspecified atom stereocenters. The third-order valence-electron chi connectivity index (χ3n) is 4.32. The Morgan fingerprint density at radius 2 is 1.57 bits per heavy atom. The molecule has 3 N–H and O–H groups in total. The van der Waals surface area contributed by atoms with E-state index in [2.05, 4.69) is 15.6 Å². The van der Waals surface area contributed by atoms with Crippen molar-refractivity contribution in [2.45, 2.75) is 20.8 Å². The molecule has 0 spiro atoms. The van der Waals surface area contributed by atoms with Crippen LogP contribution < -0.4 is 20.8 Å². The standard InChI is InChI=1S/C21H21N3O4/c1-11-7-12(2)9-14(8-11)23-20(26)21(27)24-18-13(3)22-17-6-5-15(28-4)10-16(17)19(18)25/h5-10H,1-4H3,(H,22,25)(H,23,26)(H,24,27). The lowest BCUT2D eigenvalue weighted by atomic mass is 10.1. The number of benzene rings is 2. The first kappa shape index (κ1) is 19.2. The molecule has 3 aromatic rings. The Morgan fingerprint density at radius 1 is 0.929 bits per heavy atom. The lowest BCUT2D eigenvalue weighted by Gasteiger charge is -2.11. The lowest BCUT2D eigenvalue weighted by Crippen LogP contribution is -2.31. The van der Waals surface area contributed by atoms with Gasteiger partial charge in [-0.3, -0.25) is 14.4 Å². The highest BCUT2D eigenvalue weighted by atomic mass is 16.5. The number of hydrogen-bond donors (Lipinski definition) is 3. The predicted molar refractivity (Wildman–Crippen MR) is 109 cm³/mol. The van der Waals surface area contributed by atoms with E-state index in [0.717, 1.165) is 11.1 Å². The second kappa shape index (κ2) is 7.56. The van der Waals surface area contributed by atoms with Crippen LogP contribution in [-0.4, -0.2) is 23.9 Å². The number of pyridine rings is 1. The van der Waals surface area contributed by atoms with Gasteiger partial charge in [0.05, 0.1) is 12.5 Å². The van der Waals surface area contributed by atoms with Crippen LogP contribution in [0.1, 0.15) is 16.8 Å². The molecule has 0 aliphatic rings. The van der Waals surface area contributed by atoms with Gasteiger partial charge in [0.2, 0.25) is 5.43 Å². The van der Waals surface area contributed by atoms with Crippen molar-refractivity contribution in [2.75, 3.05) is 17.7 Å². The van der Waals surface area contributed by atoms with Gasteiger partial charge >= 0.3 is 11.8 Å². The molecule has 0 saturated carbocycles. The van der Waals surface area contributed by atoms with Gasteiger partial charge in [-0.05, 0) is 62.2 Å². The van der Waals surface area contributed by atoms with Gasteiger partial charge < -0.3 is 20.4 Å². The molecule has 0 aliphatic carbocycles. The normalized spacial score (nSPS) is 10.6. The Balaban J connectivity index is 1.87. The zero-order valence-corrected chi connectivity index (χ0v) is 16.1. The molecule has 2 aromatic carbocycles. The number of carbonyl (C=O) groups excluding carboxylic acids is 2. The summed E-state index contributed by atoms with van der Waals surface area (Å²) in [4.78, 5) is 40.5. The monoisotopic (exact) mass is 379 g/mol. The lowest BCUT2D eigenvalue weighted by molar-refractivity contribution is -0.133. The quantitative estimate of drug-likeness (QED) is 0.609. The Labute approximate surface area is 161 Å². The van der Waals surface area contributed by atoms with Gasteiger partial charge in [0.25, 0.3) is 0 Å². The summed E-state index contributed by atoms with van der Waals surface area (Å²) in [7, 11) is 1.50. The van der Waals surface area contributed by atoms with Gasteiger partial charge in [0, 0.05) is 16.9 Å². The van der Waals surface area contributed by atoms with Crippen molar-refractivity contribution in [3.8, 4) is 5.75 Å². The number of amides is 2. The Kier molecular flexibility index (Phi) is 5.17. The fraction of sp³-hybridized carbons (Fsp3) is 0.190. The van der Waals surface area contributed by atoms with Crippen LogP contribution >= 0.6 is 0 Å². The van der Waals surface area contributed by atoms with E-state index in [1.54, 1.807) is 37.3 Å². The molecule has 7 heteroatoms. The number of nitrogens with one attached hydrogen (secondary N) is 3. The number of hydrogen-bond acceptors (Lipinski definition) is 4. The van der Waals surface area contributed by atoms with E-state index in [4.69, 9.17) is 4.74 Å². The number of ether oxygens (including phenoxy) is 1. The molecule has 0 saturated heterocycles. The number of rotatable bonds is 3. The number of carbonyl (C=O) groups is 2. The summed E-state index contributed by atoms with van der Waals surface area (Å²) in [6.07, 6.45) is 0. The van der Waals surface area contributed by atoms with Crippen LogP contribution in [0.5, 0.6) is 5.75 Å². The molecule has 0 fully saturated rings. The minimum absolute atomic E-state index is 0.0290. The van der Waals surface area contributed by atoms with Crippen LogP contribution in [0, 0.1) is 20.8 Å². The minimum atomic E-state index is -0.921. The summed E-state index contributed by atoms with van der Waals surface area (Å²) in [5.74, 6) is -1.25. The van der Waals surface area contributed by atoms with Crippen LogP contribution in [0.3, 0.4) is 0 Å². The summed E-state index contributed by atoms with van der Waals surface area (Å²) in [6.45, 7) is 5.45. The molecule has 3 rings (SSSR count). The third kappa shape index (κ3) is 3.88. The second-order valence-electron chi connectivity index (χ2n) is 6.65. The van der Waals surface area contributed by atoms with Crippen molar-refractivity contribution in [2.24, 2.45) is 0 Å². The van der Waals surface area contributed by atoms with E-state index in [9.17, 15) is 14.4 Å². The largest absolute Gasteiger partial charge is 0.497 e. The molecule has 0 bridgehead atoms. The average Bonchev–Trinajstić information content (AvgIpc) is 2.63. The highest BCUT2D eigenvalue weighted by Crippen LogP contribution is 2.20. The number of aromatic nitrogens is 1. The molecular weight excluding hydrogens is 358 g/mol. The molecule has 0 atom stereocenters. The topological polar surface area (TPSA) is 100 Å². The van der Waals surface area contributed by atoms with Crippen LogP contribution in [-0.2, 0) is 9.59 Å². The van der Waals surface area contributed by atoms with Crippen molar-refractivity contribution in [3.63, 3.8) is 0 Å². The van der Waals surface area contributed by atoms with E-state index < -0.39 is 17.2 Å². The molecule has 1 aromatic heterocycles. The van der Waals surface area contributed by atoms with Gasteiger partial charge in [0.15, 0.2) is 0 Å². The van der Waals surface area contributed by atoms with E-state index in [1.807, 2.05) is 19.9 Å². The number of fused-ring (bicyclic) bond motifs is 1. The van der Waals surface area contributed by atoms with Crippen molar-refractivity contribution >= 4 is 34.1 Å². The smallest absolute Gasteiger partial charge is 0.314 e. The van der Waals surface area contributed by atoms with Crippen LogP contribution in [0.25, 0.3) is 10.9 Å². The highest BCUT2D eigenvalue weighted by molar-refractivity contribution is 6.43. The molecular formula is C21H21N3O4. The van der Waals surface area contributed by atoms with E-state index in [-0.39, 0.29) is 5.69 Å². The zero-order chi connectivity index (χ0) is 20.4. The maximum absolute atomic E-state index is 12.8. The van der Waals surface area contributed by atoms with Gasteiger partial charge in [0.1, 0.15) is 11.4 Å². The second-order valence-corrected chi connectivity index (χ2v) is 6.65. The van der Waals surface area contributed by atoms with Crippen molar-refractivity contribution < 1.29 is 14.3 Å². The summed E-state index contributed by atoms with van der Waals surface area (Å²) >= 11 is 0. The molecule has 2 amide bonds. The summed E-state index contributed by atoms with van der Waals surface area (Å²) in [6, 6.07) is 10.5. The van der Waals surface area contributed by atoms with Crippen LogP contribution in [0.15, 0.2) is 41.2 Å². The molecule has 1 heterocycles. The summed E-state index contributed by atoms with van der Waals surface area (Å²) in [5.41, 5.74) is 3.15. The van der Waals surface area contributed by atoms with Crippen molar-refractivity contribution in [3.05, 3.63) is 63.4 Å². The van der Waals surface area contributed by atoms with Gasteiger partial charge in [-0.2, -0.15) is 0 Å². The Hall–Kier alpha value is -3.61. The van der Waals surface area contributed by atoms with Gasteiger partial charge in [-0.25, -0.2) is 0 Å². The van der Waals surface area contributed by atoms with E-state index in [1.165, 1.54) is 7.11 Å². The maximum Gasteiger partial charge on any atom is 0.314 e. The number of aryl methyl sites for hydroxylation is 3. The fourth-order valence-corrected chi connectivity index (χ4v) is 3.07. The Bertz CT molecular complexity index is 1130. The number of anilines is 2. The maximum atomic E-state index is 12.8. The van der Waals surface area contributed by atoms with E-state index in [0.29, 0.717) is 28.0 Å². The average molecular weight is 379 g/mol. The van der Waals surface area contributed by atoms with Gasteiger partial charge in [-0.15, -0.1) is 0 Å². The van der Waals surface area contributed by atoms with Crippen molar-refractivity contribution in [1.82, 2.24) is 4.98 Å². The third-order valence-corrected chi connectivity index (χ3v) is 4.32. The number of methoxy groups -OCH3 is 1. The molecule has 28 heavy (non-hydrogen) atoms. The summed E-state index contributed by atoms with van der Waals surface area (Å²) < 4.78 is 5.15. The van der Waals surface area contributed by atoms with Crippen LogP contribution in [0.4, 0.5) is 11.4 Å². The fourth-order valence-electron chi connectivity index (χ4n) is 3.07. The van der Waals surface area contributed by atoms with E-state index >= 15 is 0 Å². The number of H-pyrrole nitrogens is 1. The van der Waals surface area contributed by atoms with Gasteiger partial charge in [-0.1, -0.05) is 6.07 Å². The molecule has 7 nitrogen and oxygen atoms in total. The molecule has 0 aliphatic heterocycles. The summed E-state index contributed by atoms with van der Waals surface area (Å²) in [5, 5.41) is 5.33. The zero-order valence-electron chi connectivity index (χ0n) is 16.1. The Morgan fingerprint density at radius 3 is 2.21 bits per heavy atom. The predicted octanol–water partition coefficient (Wildman–Crippen LogP) is 3.04. The SMILES string of the molecule is COc1ccc2[nH]c(C)c(NC(=O)C(=O)Nc3cc(C)cc(C)c3)c(=O)c2c1.